The number of nitrogens with zero attached hydrogens (tertiary/aromatic N) is 2. The molecule has 21 heavy (non-hydrogen) atoms. The fourth-order valence-corrected chi connectivity index (χ4v) is 2.79. The molecule has 1 saturated carbocycles. The minimum Gasteiger partial charge on any atom is -0.381 e. The van der Waals surface area contributed by atoms with E-state index in [0.29, 0.717) is 17.8 Å². The second kappa shape index (κ2) is 6.49. The van der Waals surface area contributed by atoms with Crippen LogP contribution in [0.5, 0.6) is 0 Å². The third kappa shape index (κ3) is 3.57. The number of hydrogen-bond donors (Lipinski definition) is 2. The van der Waals surface area contributed by atoms with Crippen molar-refractivity contribution in [3.8, 4) is 0 Å². The molecule has 0 spiro atoms. The van der Waals surface area contributed by atoms with Crippen molar-refractivity contribution in [2.24, 2.45) is 0 Å². The van der Waals surface area contributed by atoms with Gasteiger partial charge >= 0.3 is 0 Å². The number of carbonyl (C=O) groups excluding carboxylic acids is 1. The molecule has 2 fully saturated rings. The van der Waals surface area contributed by atoms with Gasteiger partial charge in [0.2, 0.25) is 0 Å². The van der Waals surface area contributed by atoms with Crippen molar-refractivity contribution >= 4 is 5.91 Å². The highest BCUT2D eigenvalue weighted by atomic mass is 16.5. The van der Waals surface area contributed by atoms with Crippen molar-refractivity contribution in [3.05, 3.63) is 23.8 Å². The molecule has 6 nitrogen and oxygen atoms in total. The molecule has 2 heterocycles. The van der Waals surface area contributed by atoms with Gasteiger partial charge in [0.05, 0.1) is 11.9 Å². The molecule has 1 saturated heterocycles. The van der Waals surface area contributed by atoms with Crippen molar-refractivity contribution in [3.63, 3.8) is 0 Å². The number of rotatable bonds is 4. The van der Waals surface area contributed by atoms with E-state index in [1.165, 1.54) is 6.20 Å². The molecule has 1 aromatic heterocycles. The largest absolute Gasteiger partial charge is 0.381 e. The van der Waals surface area contributed by atoms with Gasteiger partial charge in [0.15, 0.2) is 0 Å². The molecule has 0 unspecified atom stereocenters. The molecule has 0 aromatic carbocycles. The van der Waals surface area contributed by atoms with Gasteiger partial charge in [-0.25, -0.2) is 4.98 Å². The zero-order chi connectivity index (χ0) is 14.7. The molecular weight excluding hydrogens is 268 g/mol. The minimum absolute atomic E-state index is 0.133. The molecule has 3 rings (SSSR count). The van der Waals surface area contributed by atoms with Crippen LogP contribution in [0.25, 0.3) is 0 Å². The molecule has 1 amide bonds. The van der Waals surface area contributed by atoms with Crippen LogP contribution in [-0.4, -0.2) is 47.2 Å². The minimum atomic E-state index is -0.133. The van der Waals surface area contributed by atoms with Gasteiger partial charge in [-0.1, -0.05) is 0 Å². The fraction of sp³-hybridized carbons (Fsp3) is 0.667. The van der Waals surface area contributed by atoms with E-state index in [1.54, 1.807) is 6.20 Å². The Morgan fingerprint density at radius 3 is 2.52 bits per heavy atom. The van der Waals surface area contributed by atoms with Gasteiger partial charge in [-0.3, -0.25) is 9.78 Å². The third-order valence-electron chi connectivity index (χ3n) is 4.28. The third-order valence-corrected chi connectivity index (χ3v) is 4.28. The van der Waals surface area contributed by atoms with Crippen LogP contribution in [0.2, 0.25) is 0 Å². The Bertz CT molecular complexity index is 485. The van der Waals surface area contributed by atoms with E-state index >= 15 is 0 Å². The number of amides is 1. The van der Waals surface area contributed by atoms with E-state index in [4.69, 9.17) is 4.74 Å². The van der Waals surface area contributed by atoms with Gasteiger partial charge in [-0.15, -0.1) is 0 Å². The molecule has 2 atom stereocenters. The van der Waals surface area contributed by atoms with E-state index in [-0.39, 0.29) is 11.9 Å². The van der Waals surface area contributed by atoms with E-state index < -0.39 is 0 Å². The lowest BCUT2D eigenvalue weighted by molar-refractivity contribution is 0.0652. The second-order valence-electron chi connectivity index (χ2n) is 5.86. The average Bonchev–Trinajstić information content (AvgIpc) is 2.51. The summed E-state index contributed by atoms with van der Waals surface area (Å²) in [6.45, 7) is 3.52. The molecule has 2 aliphatic rings. The maximum atomic E-state index is 12.1. The van der Waals surface area contributed by atoms with Gasteiger partial charge in [0, 0.05) is 37.5 Å². The quantitative estimate of drug-likeness (QED) is 0.858. The lowest BCUT2D eigenvalue weighted by atomic mass is 9.85. The summed E-state index contributed by atoms with van der Waals surface area (Å²) in [7, 11) is 0. The number of nitrogens with one attached hydrogen (secondary N) is 2. The van der Waals surface area contributed by atoms with Crippen LogP contribution in [0.4, 0.5) is 0 Å². The Kier molecular flexibility index (Phi) is 4.45. The maximum Gasteiger partial charge on any atom is 0.271 e. The first-order chi connectivity index (χ1) is 10.2. The van der Waals surface area contributed by atoms with Crippen molar-refractivity contribution in [1.82, 2.24) is 20.6 Å². The number of carbonyl (C=O) groups is 1. The number of aromatic nitrogens is 2. The molecule has 2 N–H and O–H groups in total. The highest BCUT2D eigenvalue weighted by Crippen LogP contribution is 2.22. The fourth-order valence-electron chi connectivity index (χ4n) is 2.79. The summed E-state index contributed by atoms with van der Waals surface area (Å²) in [6.07, 6.45) is 7.40. The van der Waals surface area contributed by atoms with Gasteiger partial charge < -0.3 is 15.4 Å². The summed E-state index contributed by atoms with van der Waals surface area (Å²) in [6, 6.07) is 1.08. The Hall–Kier alpha value is -1.53. The topological polar surface area (TPSA) is 76.1 Å². The van der Waals surface area contributed by atoms with E-state index in [1.807, 2.05) is 6.92 Å². The number of aryl methyl sites for hydroxylation is 1. The Morgan fingerprint density at radius 1 is 1.14 bits per heavy atom. The van der Waals surface area contributed by atoms with Crippen molar-refractivity contribution in [2.45, 2.75) is 50.7 Å². The molecular formula is C15H22N4O2. The number of ether oxygens (including phenoxy) is 1. The highest BCUT2D eigenvalue weighted by Gasteiger charge is 2.34. The molecule has 114 valence electrons. The van der Waals surface area contributed by atoms with E-state index in [0.717, 1.165) is 44.6 Å². The van der Waals surface area contributed by atoms with Gasteiger partial charge in [0.1, 0.15) is 5.69 Å². The first-order valence-electron chi connectivity index (χ1n) is 7.65. The molecule has 0 bridgehead atoms. The standard InChI is InChI=1S/C15H22N4O2/c1-10-8-17-14(9-16-10)15(20)19-13-3-2-12(13)18-11-4-6-21-7-5-11/h8-9,11-13,18H,2-7H2,1H3,(H,19,20)/t12-,13+/m0/s1. The van der Waals surface area contributed by atoms with E-state index in [2.05, 4.69) is 20.6 Å². The molecule has 1 aliphatic heterocycles. The zero-order valence-electron chi connectivity index (χ0n) is 12.3. The zero-order valence-corrected chi connectivity index (χ0v) is 12.3. The first-order valence-corrected chi connectivity index (χ1v) is 7.65. The molecule has 0 radical (unpaired) electrons. The van der Waals surface area contributed by atoms with Crippen LogP contribution in [0, 0.1) is 6.92 Å². The van der Waals surface area contributed by atoms with Crippen molar-refractivity contribution in [1.29, 1.82) is 0 Å². The molecule has 6 heteroatoms. The molecule has 1 aliphatic carbocycles. The van der Waals surface area contributed by atoms with Gasteiger partial charge in [0.25, 0.3) is 5.91 Å². The monoisotopic (exact) mass is 290 g/mol. The molecule has 1 aromatic rings. The Labute approximate surface area is 124 Å². The lowest BCUT2D eigenvalue weighted by Crippen LogP contribution is -2.59. The lowest BCUT2D eigenvalue weighted by Gasteiger charge is -2.40. The first kappa shape index (κ1) is 14.4. The van der Waals surface area contributed by atoms with Crippen LogP contribution in [0.3, 0.4) is 0 Å². The van der Waals surface area contributed by atoms with E-state index in [9.17, 15) is 4.79 Å². The van der Waals surface area contributed by atoms with Crippen molar-refractivity contribution < 1.29 is 9.53 Å². The predicted molar refractivity (Wildman–Crippen MR) is 78.0 cm³/mol. The van der Waals surface area contributed by atoms with Crippen molar-refractivity contribution in [2.75, 3.05) is 13.2 Å². The maximum absolute atomic E-state index is 12.1. The number of hydrogen-bond acceptors (Lipinski definition) is 5. The summed E-state index contributed by atoms with van der Waals surface area (Å²) in [5.74, 6) is -0.133. The van der Waals surface area contributed by atoms with Crippen LogP contribution >= 0.6 is 0 Å². The van der Waals surface area contributed by atoms with Crippen LogP contribution in [0.1, 0.15) is 41.9 Å². The average molecular weight is 290 g/mol. The SMILES string of the molecule is Cc1cnc(C(=O)N[C@@H]2CC[C@@H]2NC2CCOCC2)cn1. The van der Waals surface area contributed by atoms with Crippen LogP contribution in [-0.2, 0) is 4.74 Å². The summed E-state index contributed by atoms with van der Waals surface area (Å²) in [5.41, 5.74) is 1.20. The second-order valence-corrected chi connectivity index (χ2v) is 5.86. The Balaban J connectivity index is 1.50. The summed E-state index contributed by atoms with van der Waals surface area (Å²) >= 11 is 0. The van der Waals surface area contributed by atoms with Crippen LogP contribution in [0.15, 0.2) is 12.4 Å². The van der Waals surface area contributed by atoms with Gasteiger partial charge in [-0.2, -0.15) is 0 Å². The normalized spacial score (nSPS) is 26.1. The van der Waals surface area contributed by atoms with Crippen LogP contribution < -0.4 is 10.6 Å². The Morgan fingerprint density at radius 2 is 1.90 bits per heavy atom. The predicted octanol–water partition coefficient (Wildman–Crippen LogP) is 0.814. The highest BCUT2D eigenvalue weighted by molar-refractivity contribution is 5.92. The summed E-state index contributed by atoms with van der Waals surface area (Å²) < 4.78 is 5.37. The summed E-state index contributed by atoms with van der Waals surface area (Å²) in [4.78, 5) is 20.4. The smallest absolute Gasteiger partial charge is 0.271 e. The summed E-state index contributed by atoms with van der Waals surface area (Å²) in [5, 5.41) is 6.70. The van der Waals surface area contributed by atoms with Gasteiger partial charge in [-0.05, 0) is 32.6 Å².